The minimum absolute atomic E-state index is 0.256. The number of methoxy groups -OCH3 is 1. The standard InChI is InChI=1S/C12H13F2NO2/c1-17-9-4-2-3-8(11(15)16)10(9)7-5-12(13,14)6-7/h2-4,7H,5-6H2,1H3,(H2,15,16). The van der Waals surface area contributed by atoms with Gasteiger partial charge in [-0.1, -0.05) is 6.07 Å². The summed E-state index contributed by atoms with van der Waals surface area (Å²) in [5.74, 6) is -3.17. The lowest BCUT2D eigenvalue weighted by atomic mass is 9.74. The largest absolute Gasteiger partial charge is 0.496 e. The molecular weight excluding hydrogens is 228 g/mol. The third kappa shape index (κ3) is 2.09. The zero-order valence-corrected chi connectivity index (χ0v) is 9.37. The van der Waals surface area contributed by atoms with E-state index in [4.69, 9.17) is 10.5 Å². The number of halogens is 2. The van der Waals surface area contributed by atoms with Gasteiger partial charge in [0.25, 0.3) is 0 Å². The minimum atomic E-state index is -2.64. The van der Waals surface area contributed by atoms with Crippen LogP contribution < -0.4 is 10.5 Å². The van der Waals surface area contributed by atoms with Crippen LogP contribution in [0.1, 0.15) is 34.7 Å². The predicted molar refractivity (Wildman–Crippen MR) is 58.4 cm³/mol. The van der Waals surface area contributed by atoms with Crippen LogP contribution in [0.5, 0.6) is 5.75 Å². The van der Waals surface area contributed by atoms with E-state index in [2.05, 4.69) is 0 Å². The van der Waals surface area contributed by atoms with Gasteiger partial charge in [0.1, 0.15) is 5.75 Å². The molecule has 0 radical (unpaired) electrons. The zero-order valence-electron chi connectivity index (χ0n) is 9.37. The van der Waals surface area contributed by atoms with Crippen LogP contribution in [0, 0.1) is 0 Å². The van der Waals surface area contributed by atoms with E-state index in [1.165, 1.54) is 13.2 Å². The number of benzene rings is 1. The molecule has 1 aliphatic carbocycles. The normalized spacial score (nSPS) is 18.5. The zero-order chi connectivity index (χ0) is 12.6. The van der Waals surface area contributed by atoms with E-state index in [9.17, 15) is 13.6 Å². The Labute approximate surface area is 97.6 Å². The lowest BCUT2D eigenvalue weighted by Gasteiger charge is -2.36. The second-order valence-corrected chi connectivity index (χ2v) is 4.25. The van der Waals surface area contributed by atoms with Gasteiger partial charge in [0, 0.05) is 24.0 Å². The Balaban J connectivity index is 2.40. The van der Waals surface area contributed by atoms with E-state index in [1.807, 2.05) is 0 Å². The molecule has 1 aromatic rings. The van der Waals surface area contributed by atoms with E-state index in [1.54, 1.807) is 12.1 Å². The lowest BCUT2D eigenvalue weighted by Crippen LogP contribution is -2.35. The maximum Gasteiger partial charge on any atom is 0.249 e. The van der Waals surface area contributed by atoms with Gasteiger partial charge in [-0.05, 0) is 18.1 Å². The van der Waals surface area contributed by atoms with E-state index >= 15 is 0 Å². The molecule has 92 valence electrons. The molecule has 1 fully saturated rings. The first-order chi connectivity index (χ1) is 7.94. The third-order valence-electron chi connectivity index (χ3n) is 3.05. The van der Waals surface area contributed by atoms with Crippen LogP contribution in [-0.2, 0) is 0 Å². The Bertz CT molecular complexity index is 452. The Kier molecular flexibility index (Phi) is 2.77. The highest BCUT2D eigenvalue weighted by Crippen LogP contribution is 2.51. The second kappa shape index (κ2) is 3.98. The molecule has 0 atom stereocenters. The number of hydrogen-bond donors (Lipinski definition) is 1. The SMILES string of the molecule is COc1cccc(C(N)=O)c1C1CC(F)(F)C1. The first-order valence-corrected chi connectivity index (χ1v) is 5.29. The number of nitrogens with two attached hydrogens (primary N) is 1. The molecule has 0 bridgehead atoms. The Morgan fingerprint density at radius 2 is 2.12 bits per heavy atom. The smallest absolute Gasteiger partial charge is 0.249 e. The summed E-state index contributed by atoms with van der Waals surface area (Å²) >= 11 is 0. The molecule has 0 heterocycles. The molecule has 0 saturated heterocycles. The molecule has 0 unspecified atom stereocenters. The van der Waals surface area contributed by atoms with Crippen molar-refractivity contribution in [2.75, 3.05) is 7.11 Å². The van der Waals surface area contributed by atoms with Crippen molar-refractivity contribution in [1.82, 2.24) is 0 Å². The summed E-state index contributed by atoms with van der Waals surface area (Å²) in [5.41, 5.74) is 6.02. The molecule has 1 aromatic carbocycles. The first kappa shape index (κ1) is 11.8. The minimum Gasteiger partial charge on any atom is -0.496 e. The van der Waals surface area contributed by atoms with Crippen LogP contribution in [-0.4, -0.2) is 18.9 Å². The second-order valence-electron chi connectivity index (χ2n) is 4.25. The fourth-order valence-corrected chi connectivity index (χ4v) is 2.22. The quantitative estimate of drug-likeness (QED) is 0.882. The molecule has 0 aromatic heterocycles. The van der Waals surface area contributed by atoms with Crippen LogP contribution in [0.2, 0.25) is 0 Å². The summed E-state index contributed by atoms with van der Waals surface area (Å²) in [6.07, 6.45) is -0.513. The van der Waals surface area contributed by atoms with Gasteiger partial charge >= 0.3 is 0 Å². The molecular formula is C12H13F2NO2. The van der Waals surface area contributed by atoms with Crippen LogP contribution in [0.4, 0.5) is 8.78 Å². The topological polar surface area (TPSA) is 52.3 Å². The summed E-state index contributed by atoms with van der Waals surface area (Å²) in [4.78, 5) is 11.3. The van der Waals surface area contributed by atoms with E-state index in [0.717, 1.165) is 0 Å². The highest BCUT2D eigenvalue weighted by atomic mass is 19.3. The van der Waals surface area contributed by atoms with Gasteiger partial charge in [-0.3, -0.25) is 4.79 Å². The van der Waals surface area contributed by atoms with Crippen LogP contribution >= 0.6 is 0 Å². The summed E-state index contributed by atoms with van der Waals surface area (Å²) in [6, 6.07) is 4.81. The van der Waals surface area contributed by atoms with Crippen molar-refractivity contribution in [3.63, 3.8) is 0 Å². The van der Waals surface area contributed by atoms with Gasteiger partial charge in [0.15, 0.2) is 0 Å². The summed E-state index contributed by atoms with van der Waals surface area (Å²) in [7, 11) is 1.44. The molecule has 3 nitrogen and oxygen atoms in total. The molecule has 1 aliphatic rings. The molecule has 17 heavy (non-hydrogen) atoms. The fourth-order valence-electron chi connectivity index (χ4n) is 2.22. The Morgan fingerprint density at radius 3 is 2.59 bits per heavy atom. The summed E-state index contributed by atoms with van der Waals surface area (Å²) in [6.45, 7) is 0. The average Bonchev–Trinajstić information content (AvgIpc) is 2.24. The van der Waals surface area contributed by atoms with Crippen molar-refractivity contribution in [2.45, 2.75) is 24.7 Å². The van der Waals surface area contributed by atoms with Crippen LogP contribution in [0.3, 0.4) is 0 Å². The molecule has 1 amide bonds. The molecule has 2 rings (SSSR count). The summed E-state index contributed by atoms with van der Waals surface area (Å²) in [5, 5.41) is 0. The lowest BCUT2D eigenvalue weighted by molar-refractivity contribution is -0.0871. The number of hydrogen-bond acceptors (Lipinski definition) is 2. The van der Waals surface area contributed by atoms with Gasteiger partial charge in [-0.25, -0.2) is 8.78 Å². The molecule has 2 N–H and O–H groups in total. The molecule has 0 aliphatic heterocycles. The first-order valence-electron chi connectivity index (χ1n) is 5.29. The van der Waals surface area contributed by atoms with Gasteiger partial charge in [0.05, 0.1) is 7.11 Å². The van der Waals surface area contributed by atoms with Crippen molar-refractivity contribution in [3.8, 4) is 5.75 Å². The van der Waals surface area contributed by atoms with E-state index < -0.39 is 11.8 Å². The average molecular weight is 241 g/mol. The van der Waals surface area contributed by atoms with Crippen molar-refractivity contribution in [1.29, 1.82) is 0 Å². The predicted octanol–water partition coefficient (Wildman–Crippen LogP) is 2.31. The number of rotatable bonds is 3. The van der Waals surface area contributed by atoms with E-state index in [-0.39, 0.29) is 24.3 Å². The number of amides is 1. The van der Waals surface area contributed by atoms with Crippen molar-refractivity contribution >= 4 is 5.91 Å². The van der Waals surface area contributed by atoms with Crippen molar-refractivity contribution in [2.24, 2.45) is 5.73 Å². The Hall–Kier alpha value is -1.65. The molecule has 1 saturated carbocycles. The number of carbonyl (C=O) groups is 1. The number of alkyl halides is 2. The third-order valence-corrected chi connectivity index (χ3v) is 3.05. The van der Waals surface area contributed by atoms with E-state index in [0.29, 0.717) is 11.3 Å². The molecule has 5 heteroatoms. The van der Waals surface area contributed by atoms with Crippen LogP contribution in [0.15, 0.2) is 18.2 Å². The number of ether oxygens (including phenoxy) is 1. The van der Waals surface area contributed by atoms with Gasteiger partial charge in [-0.15, -0.1) is 0 Å². The van der Waals surface area contributed by atoms with Crippen molar-refractivity contribution < 1.29 is 18.3 Å². The number of carbonyl (C=O) groups excluding carboxylic acids is 1. The Morgan fingerprint density at radius 1 is 1.47 bits per heavy atom. The fraction of sp³-hybridized carbons (Fsp3) is 0.417. The summed E-state index contributed by atoms with van der Waals surface area (Å²) < 4.78 is 30.9. The van der Waals surface area contributed by atoms with Crippen molar-refractivity contribution in [3.05, 3.63) is 29.3 Å². The monoisotopic (exact) mass is 241 g/mol. The van der Waals surface area contributed by atoms with Gasteiger partial charge in [0.2, 0.25) is 11.8 Å². The van der Waals surface area contributed by atoms with Crippen LogP contribution in [0.25, 0.3) is 0 Å². The highest BCUT2D eigenvalue weighted by Gasteiger charge is 2.47. The van der Waals surface area contributed by atoms with Gasteiger partial charge < -0.3 is 10.5 Å². The highest BCUT2D eigenvalue weighted by molar-refractivity contribution is 5.95. The maximum atomic E-state index is 12.9. The number of primary amides is 1. The molecule has 0 spiro atoms. The maximum absolute atomic E-state index is 12.9. The van der Waals surface area contributed by atoms with Gasteiger partial charge in [-0.2, -0.15) is 0 Å².